The largest absolute Gasteiger partial charge is 0.316 e. The van der Waals surface area contributed by atoms with Crippen LogP contribution in [0.2, 0.25) is 0 Å². The Morgan fingerprint density at radius 2 is 1.94 bits per heavy atom. The normalized spacial score (nSPS) is 18.1. The number of nitrogens with zero attached hydrogens (tertiary/aromatic N) is 1. The Kier molecular flexibility index (Phi) is 3.96. The highest BCUT2D eigenvalue weighted by molar-refractivity contribution is 9.10. The van der Waals surface area contributed by atoms with Crippen LogP contribution in [0.25, 0.3) is 0 Å². The number of hydrogen-bond acceptors (Lipinski definition) is 2. The first kappa shape index (κ1) is 11.6. The van der Waals surface area contributed by atoms with Crippen molar-refractivity contribution in [1.82, 2.24) is 5.32 Å². The molecule has 1 aromatic rings. The number of anilines is 1. The Morgan fingerprint density at radius 1 is 1.19 bits per heavy atom. The van der Waals surface area contributed by atoms with Gasteiger partial charge in [-0.25, -0.2) is 0 Å². The van der Waals surface area contributed by atoms with E-state index in [9.17, 15) is 4.79 Å². The van der Waals surface area contributed by atoms with Gasteiger partial charge in [-0.05, 0) is 37.2 Å². The molecule has 0 unspecified atom stereocenters. The van der Waals surface area contributed by atoms with Gasteiger partial charge in [-0.2, -0.15) is 0 Å². The van der Waals surface area contributed by atoms with Gasteiger partial charge in [0.2, 0.25) is 5.91 Å². The number of benzene rings is 1. The van der Waals surface area contributed by atoms with E-state index in [1.54, 1.807) is 0 Å². The summed E-state index contributed by atoms with van der Waals surface area (Å²) in [5, 5.41) is 3.24. The van der Waals surface area contributed by atoms with Crippen molar-refractivity contribution in [1.29, 1.82) is 0 Å². The van der Waals surface area contributed by atoms with E-state index < -0.39 is 0 Å². The standard InChI is InChI=1S/C12H15BrN2O/c13-10-2-4-11(5-3-10)15-9-1-7-14-8-6-12(15)16/h2-5,14H,1,6-9H2. The summed E-state index contributed by atoms with van der Waals surface area (Å²) in [7, 11) is 0. The van der Waals surface area contributed by atoms with E-state index >= 15 is 0 Å². The van der Waals surface area contributed by atoms with Crippen LogP contribution in [0.5, 0.6) is 0 Å². The lowest BCUT2D eigenvalue weighted by atomic mass is 10.2. The molecule has 86 valence electrons. The molecule has 1 aliphatic rings. The molecule has 0 spiro atoms. The average Bonchev–Trinajstić information content (AvgIpc) is 2.26. The van der Waals surface area contributed by atoms with Gasteiger partial charge in [0.1, 0.15) is 0 Å². The predicted molar refractivity (Wildman–Crippen MR) is 68.6 cm³/mol. The SMILES string of the molecule is O=C1CCNCCCN1c1ccc(Br)cc1. The van der Waals surface area contributed by atoms with Gasteiger partial charge >= 0.3 is 0 Å². The first-order chi connectivity index (χ1) is 7.77. The van der Waals surface area contributed by atoms with Crippen LogP contribution in [-0.4, -0.2) is 25.5 Å². The van der Waals surface area contributed by atoms with E-state index in [0.29, 0.717) is 6.42 Å². The zero-order chi connectivity index (χ0) is 11.4. The molecule has 1 N–H and O–H groups in total. The number of carbonyl (C=O) groups is 1. The van der Waals surface area contributed by atoms with Gasteiger partial charge in [0.15, 0.2) is 0 Å². The summed E-state index contributed by atoms with van der Waals surface area (Å²) in [5.74, 6) is 0.203. The molecule has 1 amide bonds. The number of amides is 1. The van der Waals surface area contributed by atoms with Crippen molar-refractivity contribution in [3.05, 3.63) is 28.7 Å². The van der Waals surface area contributed by atoms with Gasteiger partial charge in [0.25, 0.3) is 0 Å². The van der Waals surface area contributed by atoms with Gasteiger partial charge in [-0.3, -0.25) is 4.79 Å². The van der Waals surface area contributed by atoms with Crippen LogP contribution in [-0.2, 0) is 4.79 Å². The van der Waals surface area contributed by atoms with E-state index in [0.717, 1.165) is 36.2 Å². The van der Waals surface area contributed by atoms with Crippen LogP contribution in [0.1, 0.15) is 12.8 Å². The van der Waals surface area contributed by atoms with Crippen LogP contribution in [0.4, 0.5) is 5.69 Å². The zero-order valence-corrected chi connectivity index (χ0v) is 10.7. The summed E-state index contributed by atoms with van der Waals surface area (Å²) < 4.78 is 1.04. The molecular weight excluding hydrogens is 268 g/mol. The third kappa shape index (κ3) is 2.83. The third-order valence-corrected chi connectivity index (χ3v) is 3.22. The molecule has 2 rings (SSSR count). The second kappa shape index (κ2) is 5.46. The molecule has 0 atom stereocenters. The van der Waals surface area contributed by atoms with Crippen LogP contribution in [0, 0.1) is 0 Å². The maximum Gasteiger partial charge on any atom is 0.228 e. The molecule has 1 aromatic carbocycles. The van der Waals surface area contributed by atoms with Crippen molar-refractivity contribution >= 4 is 27.5 Å². The molecule has 0 radical (unpaired) electrons. The maximum atomic E-state index is 11.9. The Labute approximate surface area is 104 Å². The van der Waals surface area contributed by atoms with E-state index in [1.165, 1.54) is 0 Å². The van der Waals surface area contributed by atoms with Crippen molar-refractivity contribution in [3.8, 4) is 0 Å². The van der Waals surface area contributed by atoms with Crippen molar-refractivity contribution < 1.29 is 4.79 Å². The fourth-order valence-electron chi connectivity index (χ4n) is 1.84. The molecule has 16 heavy (non-hydrogen) atoms. The monoisotopic (exact) mass is 282 g/mol. The quantitative estimate of drug-likeness (QED) is 0.856. The molecule has 0 bridgehead atoms. The predicted octanol–water partition coefficient (Wildman–Crippen LogP) is 2.17. The minimum Gasteiger partial charge on any atom is -0.316 e. The lowest BCUT2D eigenvalue weighted by Gasteiger charge is -2.25. The Balaban J connectivity index is 2.15. The number of nitrogens with one attached hydrogen (secondary N) is 1. The first-order valence-electron chi connectivity index (χ1n) is 5.54. The third-order valence-electron chi connectivity index (χ3n) is 2.69. The second-order valence-corrected chi connectivity index (χ2v) is 4.79. The fraction of sp³-hybridized carbons (Fsp3) is 0.417. The Bertz CT molecular complexity index is 364. The molecule has 1 heterocycles. The van der Waals surface area contributed by atoms with E-state index in [2.05, 4.69) is 21.2 Å². The summed E-state index contributed by atoms with van der Waals surface area (Å²) in [6, 6.07) is 7.91. The summed E-state index contributed by atoms with van der Waals surface area (Å²) in [6.45, 7) is 2.57. The van der Waals surface area contributed by atoms with Gasteiger partial charge < -0.3 is 10.2 Å². The minimum absolute atomic E-state index is 0.203. The average molecular weight is 283 g/mol. The molecule has 0 saturated carbocycles. The van der Waals surface area contributed by atoms with Crippen molar-refractivity contribution in [2.24, 2.45) is 0 Å². The van der Waals surface area contributed by atoms with Gasteiger partial charge in [0, 0.05) is 29.7 Å². The van der Waals surface area contributed by atoms with Crippen molar-refractivity contribution in [3.63, 3.8) is 0 Å². The van der Waals surface area contributed by atoms with E-state index in [1.807, 2.05) is 29.2 Å². The van der Waals surface area contributed by atoms with Crippen molar-refractivity contribution in [2.45, 2.75) is 12.8 Å². The molecular formula is C12H15BrN2O. The van der Waals surface area contributed by atoms with Gasteiger partial charge in [-0.15, -0.1) is 0 Å². The molecule has 3 nitrogen and oxygen atoms in total. The summed E-state index contributed by atoms with van der Waals surface area (Å²) >= 11 is 3.40. The smallest absolute Gasteiger partial charge is 0.228 e. The number of carbonyl (C=O) groups excluding carboxylic acids is 1. The minimum atomic E-state index is 0.203. The highest BCUT2D eigenvalue weighted by atomic mass is 79.9. The van der Waals surface area contributed by atoms with Gasteiger partial charge in [-0.1, -0.05) is 15.9 Å². The van der Waals surface area contributed by atoms with Crippen LogP contribution < -0.4 is 10.2 Å². The number of rotatable bonds is 1. The Morgan fingerprint density at radius 3 is 2.69 bits per heavy atom. The maximum absolute atomic E-state index is 11.9. The van der Waals surface area contributed by atoms with Crippen LogP contribution >= 0.6 is 15.9 Å². The zero-order valence-electron chi connectivity index (χ0n) is 9.08. The first-order valence-corrected chi connectivity index (χ1v) is 6.33. The highest BCUT2D eigenvalue weighted by Gasteiger charge is 2.16. The lowest BCUT2D eigenvalue weighted by Crippen LogP contribution is -2.38. The molecule has 1 fully saturated rings. The summed E-state index contributed by atoms with van der Waals surface area (Å²) in [5.41, 5.74) is 0.995. The lowest BCUT2D eigenvalue weighted by molar-refractivity contribution is -0.118. The van der Waals surface area contributed by atoms with Crippen LogP contribution in [0.15, 0.2) is 28.7 Å². The topological polar surface area (TPSA) is 32.3 Å². The number of hydrogen-bond donors (Lipinski definition) is 1. The van der Waals surface area contributed by atoms with Crippen molar-refractivity contribution in [2.75, 3.05) is 24.5 Å². The molecule has 1 saturated heterocycles. The summed E-state index contributed by atoms with van der Waals surface area (Å²) in [6.07, 6.45) is 1.58. The van der Waals surface area contributed by atoms with Crippen LogP contribution in [0.3, 0.4) is 0 Å². The molecule has 0 aliphatic carbocycles. The number of halogens is 1. The van der Waals surface area contributed by atoms with E-state index in [4.69, 9.17) is 0 Å². The van der Waals surface area contributed by atoms with Gasteiger partial charge in [0.05, 0.1) is 0 Å². The Hall–Kier alpha value is -0.870. The fourth-order valence-corrected chi connectivity index (χ4v) is 2.10. The van der Waals surface area contributed by atoms with E-state index in [-0.39, 0.29) is 5.91 Å². The highest BCUT2D eigenvalue weighted by Crippen LogP contribution is 2.19. The second-order valence-electron chi connectivity index (χ2n) is 3.88. The summed E-state index contributed by atoms with van der Waals surface area (Å²) in [4.78, 5) is 13.8. The molecule has 4 heteroatoms. The molecule has 1 aliphatic heterocycles. The molecule has 0 aromatic heterocycles.